The van der Waals surface area contributed by atoms with Crippen molar-refractivity contribution in [3.8, 4) is 5.75 Å². The monoisotopic (exact) mass is 223 g/mol. The van der Waals surface area contributed by atoms with Gasteiger partial charge in [0.05, 0.1) is 5.56 Å². The van der Waals surface area contributed by atoms with E-state index < -0.39 is 11.6 Å². The van der Waals surface area contributed by atoms with E-state index >= 15 is 0 Å². The summed E-state index contributed by atoms with van der Waals surface area (Å²) >= 11 is 0. The van der Waals surface area contributed by atoms with Crippen LogP contribution in [-0.2, 0) is 11.3 Å². The van der Waals surface area contributed by atoms with E-state index in [1.165, 1.54) is 6.07 Å². The molecule has 0 bridgehead atoms. The standard InChI is InChI=1S/C12H17NO3/c1-12(2,3)16-11(15)8-5-4-6-10(14)9(8)7-13/h4-6,14H,7,13H2,1-3H3. The normalized spacial score (nSPS) is 11.2. The van der Waals surface area contributed by atoms with Crippen LogP contribution in [0.5, 0.6) is 5.75 Å². The summed E-state index contributed by atoms with van der Waals surface area (Å²) in [5.41, 5.74) is 5.65. The van der Waals surface area contributed by atoms with Crippen LogP contribution in [0.2, 0.25) is 0 Å². The highest BCUT2D eigenvalue weighted by Crippen LogP contribution is 2.22. The Morgan fingerprint density at radius 2 is 2.06 bits per heavy atom. The summed E-state index contributed by atoms with van der Waals surface area (Å²) in [6.07, 6.45) is 0. The van der Waals surface area contributed by atoms with E-state index in [1.807, 2.05) is 0 Å². The highest BCUT2D eigenvalue weighted by Gasteiger charge is 2.20. The van der Waals surface area contributed by atoms with Gasteiger partial charge in [-0.2, -0.15) is 0 Å². The third kappa shape index (κ3) is 2.97. The molecule has 4 nitrogen and oxygen atoms in total. The van der Waals surface area contributed by atoms with E-state index in [4.69, 9.17) is 10.5 Å². The number of hydrogen-bond donors (Lipinski definition) is 2. The van der Waals surface area contributed by atoms with Crippen molar-refractivity contribution in [2.75, 3.05) is 0 Å². The quantitative estimate of drug-likeness (QED) is 0.750. The maximum atomic E-state index is 11.8. The molecule has 4 heteroatoms. The van der Waals surface area contributed by atoms with Crippen LogP contribution in [-0.4, -0.2) is 16.7 Å². The Labute approximate surface area is 95.0 Å². The SMILES string of the molecule is CC(C)(C)OC(=O)c1cccc(O)c1CN. The number of esters is 1. The van der Waals surface area contributed by atoms with Crippen molar-refractivity contribution in [3.63, 3.8) is 0 Å². The number of nitrogens with two attached hydrogens (primary N) is 1. The Kier molecular flexibility index (Phi) is 3.55. The summed E-state index contributed by atoms with van der Waals surface area (Å²) in [6, 6.07) is 4.68. The average Bonchev–Trinajstić information content (AvgIpc) is 2.14. The predicted octanol–water partition coefficient (Wildman–Crippen LogP) is 1.81. The fourth-order valence-electron chi connectivity index (χ4n) is 1.31. The minimum atomic E-state index is -0.561. The minimum Gasteiger partial charge on any atom is -0.508 e. The Bertz CT molecular complexity index is 394. The van der Waals surface area contributed by atoms with Crippen LogP contribution >= 0.6 is 0 Å². The molecule has 0 saturated carbocycles. The lowest BCUT2D eigenvalue weighted by atomic mass is 10.1. The van der Waals surface area contributed by atoms with Gasteiger partial charge in [0.2, 0.25) is 0 Å². The van der Waals surface area contributed by atoms with Crippen molar-refractivity contribution < 1.29 is 14.6 Å². The van der Waals surface area contributed by atoms with Gasteiger partial charge in [0.15, 0.2) is 0 Å². The van der Waals surface area contributed by atoms with Crippen molar-refractivity contribution in [2.45, 2.75) is 32.9 Å². The summed E-state index contributed by atoms with van der Waals surface area (Å²) in [4.78, 5) is 11.8. The summed E-state index contributed by atoms with van der Waals surface area (Å²) in [6.45, 7) is 5.46. The highest BCUT2D eigenvalue weighted by atomic mass is 16.6. The van der Waals surface area contributed by atoms with E-state index in [0.717, 1.165) is 0 Å². The topological polar surface area (TPSA) is 72.5 Å². The Balaban J connectivity index is 3.04. The third-order valence-corrected chi connectivity index (χ3v) is 1.97. The number of benzene rings is 1. The van der Waals surface area contributed by atoms with Crippen LogP contribution in [0.4, 0.5) is 0 Å². The zero-order valence-corrected chi connectivity index (χ0v) is 9.78. The van der Waals surface area contributed by atoms with E-state index in [-0.39, 0.29) is 12.3 Å². The van der Waals surface area contributed by atoms with E-state index in [1.54, 1.807) is 32.9 Å². The number of ether oxygens (including phenoxy) is 1. The molecule has 0 saturated heterocycles. The second-order valence-electron chi connectivity index (χ2n) is 4.51. The van der Waals surface area contributed by atoms with E-state index in [2.05, 4.69) is 0 Å². The fourth-order valence-corrected chi connectivity index (χ4v) is 1.31. The summed E-state index contributed by atoms with van der Waals surface area (Å²) in [5.74, 6) is -0.449. The molecule has 3 N–H and O–H groups in total. The molecule has 0 aliphatic rings. The molecule has 0 aliphatic carbocycles. The van der Waals surface area contributed by atoms with Crippen LogP contribution in [0.25, 0.3) is 0 Å². The molecule has 1 rings (SSSR count). The molecule has 0 heterocycles. The van der Waals surface area contributed by atoms with E-state index in [9.17, 15) is 9.90 Å². The van der Waals surface area contributed by atoms with Gasteiger partial charge in [-0.25, -0.2) is 4.79 Å². The van der Waals surface area contributed by atoms with Crippen molar-refractivity contribution >= 4 is 5.97 Å². The third-order valence-electron chi connectivity index (χ3n) is 1.97. The van der Waals surface area contributed by atoms with Gasteiger partial charge in [-0.1, -0.05) is 6.07 Å². The van der Waals surface area contributed by atoms with Gasteiger partial charge in [0, 0.05) is 12.1 Å². The zero-order chi connectivity index (χ0) is 12.3. The van der Waals surface area contributed by atoms with Crippen LogP contribution in [0.15, 0.2) is 18.2 Å². The number of carbonyl (C=O) groups excluding carboxylic acids is 1. The van der Waals surface area contributed by atoms with Gasteiger partial charge in [0.25, 0.3) is 0 Å². The molecule has 0 unspecified atom stereocenters. The molecular formula is C12H17NO3. The summed E-state index contributed by atoms with van der Waals surface area (Å²) in [5, 5.41) is 9.55. The minimum absolute atomic E-state index is 0.0193. The molecule has 0 spiro atoms. The molecule has 0 radical (unpaired) electrons. The second kappa shape index (κ2) is 4.53. The molecule has 1 aromatic rings. The molecule has 0 aromatic heterocycles. The maximum absolute atomic E-state index is 11.8. The first kappa shape index (κ1) is 12.5. The largest absolute Gasteiger partial charge is 0.508 e. The molecule has 16 heavy (non-hydrogen) atoms. The van der Waals surface area contributed by atoms with Gasteiger partial charge < -0.3 is 15.6 Å². The molecule has 0 fully saturated rings. The van der Waals surface area contributed by atoms with Gasteiger partial charge in [0.1, 0.15) is 11.4 Å². The molecular weight excluding hydrogens is 206 g/mol. The maximum Gasteiger partial charge on any atom is 0.339 e. The Morgan fingerprint density at radius 3 is 2.56 bits per heavy atom. The lowest BCUT2D eigenvalue weighted by Crippen LogP contribution is -2.24. The van der Waals surface area contributed by atoms with E-state index in [0.29, 0.717) is 11.1 Å². The van der Waals surface area contributed by atoms with Crippen molar-refractivity contribution in [1.29, 1.82) is 0 Å². The number of carbonyl (C=O) groups is 1. The summed E-state index contributed by atoms with van der Waals surface area (Å²) in [7, 11) is 0. The molecule has 0 aliphatic heterocycles. The number of rotatable bonds is 2. The first-order valence-electron chi connectivity index (χ1n) is 5.09. The number of phenolic OH excluding ortho intramolecular Hbond substituents is 1. The van der Waals surface area contributed by atoms with Gasteiger partial charge in [-0.3, -0.25) is 0 Å². The van der Waals surface area contributed by atoms with Gasteiger partial charge in [-0.05, 0) is 32.9 Å². The lowest BCUT2D eigenvalue weighted by Gasteiger charge is -2.20. The number of aromatic hydroxyl groups is 1. The highest BCUT2D eigenvalue weighted by molar-refractivity contribution is 5.92. The second-order valence-corrected chi connectivity index (χ2v) is 4.51. The first-order chi connectivity index (χ1) is 7.35. The van der Waals surface area contributed by atoms with Crippen LogP contribution < -0.4 is 5.73 Å². The summed E-state index contributed by atoms with van der Waals surface area (Å²) < 4.78 is 5.22. The predicted molar refractivity (Wildman–Crippen MR) is 61.2 cm³/mol. The lowest BCUT2D eigenvalue weighted by molar-refractivity contribution is 0.00678. The first-order valence-corrected chi connectivity index (χ1v) is 5.09. The number of hydrogen-bond acceptors (Lipinski definition) is 4. The van der Waals surface area contributed by atoms with Crippen molar-refractivity contribution in [2.24, 2.45) is 5.73 Å². The zero-order valence-electron chi connectivity index (χ0n) is 9.78. The molecule has 88 valence electrons. The van der Waals surface area contributed by atoms with Crippen LogP contribution in [0, 0.1) is 0 Å². The number of phenols is 1. The van der Waals surface area contributed by atoms with Crippen LogP contribution in [0.1, 0.15) is 36.7 Å². The Morgan fingerprint density at radius 1 is 1.44 bits per heavy atom. The van der Waals surface area contributed by atoms with Crippen molar-refractivity contribution in [1.82, 2.24) is 0 Å². The average molecular weight is 223 g/mol. The fraction of sp³-hybridized carbons (Fsp3) is 0.417. The molecule has 0 atom stereocenters. The molecule has 0 amide bonds. The Hall–Kier alpha value is -1.55. The van der Waals surface area contributed by atoms with Crippen molar-refractivity contribution in [3.05, 3.63) is 29.3 Å². The van der Waals surface area contributed by atoms with Gasteiger partial charge in [-0.15, -0.1) is 0 Å². The van der Waals surface area contributed by atoms with Crippen LogP contribution in [0.3, 0.4) is 0 Å². The van der Waals surface area contributed by atoms with Gasteiger partial charge >= 0.3 is 5.97 Å². The smallest absolute Gasteiger partial charge is 0.339 e. The molecule has 1 aromatic carbocycles.